The SMILES string of the molecule is CN=C(NCc1ncccc1C)NCC(C)c1ccsc1. The summed E-state index contributed by atoms with van der Waals surface area (Å²) in [6.07, 6.45) is 1.82. The number of hydrogen-bond acceptors (Lipinski definition) is 3. The molecule has 0 spiro atoms. The number of nitrogens with one attached hydrogen (secondary N) is 2. The highest BCUT2D eigenvalue weighted by molar-refractivity contribution is 7.07. The van der Waals surface area contributed by atoms with Crippen LogP contribution in [0.1, 0.15) is 29.7 Å². The van der Waals surface area contributed by atoms with Crippen LogP contribution in [0.2, 0.25) is 0 Å². The number of pyridine rings is 1. The third-order valence-electron chi connectivity index (χ3n) is 3.45. The van der Waals surface area contributed by atoms with E-state index in [9.17, 15) is 0 Å². The Bertz CT molecular complexity index is 578. The van der Waals surface area contributed by atoms with Crippen LogP contribution in [0.3, 0.4) is 0 Å². The number of thiophene rings is 1. The highest BCUT2D eigenvalue weighted by Gasteiger charge is 2.07. The molecule has 0 radical (unpaired) electrons. The fourth-order valence-electron chi connectivity index (χ4n) is 2.01. The summed E-state index contributed by atoms with van der Waals surface area (Å²) in [4.78, 5) is 8.63. The highest BCUT2D eigenvalue weighted by Crippen LogP contribution is 2.16. The van der Waals surface area contributed by atoms with Crippen molar-refractivity contribution in [2.45, 2.75) is 26.3 Å². The van der Waals surface area contributed by atoms with Crippen LogP contribution in [-0.4, -0.2) is 24.5 Å². The minimum Gasteiger partial charge on any atom is -0.356 e. The zero-order valence-electron chi connectivity index (χ0n) is 12.8. The largest absolute Gasteiger partial charge is 0.356 e. The van der Waals surface area contributed by atoms with Gasteiger partial charge in [0.25, 0.3) is 0 Å². The minimum atomic E-state index is 0.464. The first kappa shape index (κ1) is 15.5. The molecule has 112 valence electrons. The maximum Gasteiger partial charge on any atom is 0.191 e. The van der Waals surface area contributed by atoms with Gasteiger partial charge in [0.05, 0.1) is 12.2 Å². The van der Waals surface area contributed by atoms with Crippen molar-refractivity contribution in [3.63, 3.8) is 0 Å². The van der Waals surface area contributed by atoms with Crippen LogP contribution in [0.25, 0.3) is 0 Å². The van der Waals surface area contributed by atoms with E-state index >= 15 is 0 Å². The normalized spacial score (nSPS) is 13.0. The molecule has 0 aromatic carbocycles. The molecule has 0 bridgehead atoms. The van der Waals surface area contributed by atoms with Crippen molar-refractivity contribution < 1.29 is 0 Å². The van der Waals surface area contributed by atoms with E-state index in [2.05, 4.69) is 57.4 Å². The molecule has 1 atom stereocenters. The average Bonchev–Trinajstić information content (AvgIpc) is 3.03. The van der Waals surface area contributed by atoms with Crippen molar-refractivity contribution in [1.29, 1.82) is 0 Å². The van der Waals surface area contributed by atoms with Gasteiger partial charge in [0.2, 0.25) is 0 Å². The van der Waals surface area contributed by atoms with Crippen molar-refractivity contribution in [1.82, 2.24) is 15.6 Å². The van der Waals surface area contributed by atoms with E-state index in [0.717, 1.165) is 18.2 Å². The molecule has 0 fully saturated rings. The molecule has 21 heavy (non-hydrogen) atoms. The molecule has 2 aromatic heterocycles. The third kappa shape index (κ3) is 4.56. The Kier molecular flexibility index (Phi) is 5.75. The van der Waals surface area contributed by atoms with E-state index in [1.54, 1.807) is 18.4 Å². The molecule has 0 aliphatic rings. The Morgan fingerprint density at radius 3 is 2.90 bits per heavy atom. The topological polar surface area (TPSA) is 49.3 Å². The second-order valence-electron chi connectivity index (χ2n) is 5.03. The Hall–Kier alpha value is -1.88. The first-order valence-corrected chi connectivity index (χ1v) is 8.02. The summed E-state index contributed by atoms with van der Waals surface area (Å²) in [5.41, 5.74) is 3.60. The summed E-state index contributed by atoms with van der Waals surface area (Å²) in [5, 5.41) is 11.0. The van der Waals surface area contributed by atoms with Gasteiger partial charge in [0.15, 0.2) is 5.96 Å². The molecule has 2 rings (SSSR count). The quantitative estimate of drug-likeness (QED) is 0.659. The molecule has 2 aromatic rings. The maximum absolute atomic E-state index is 4.38. The van der Waals surface area contributed by atoms with Crippen LogP contribution < -0.4 is 10.6 Å². The maximum atomic E-state index is 4.38. The standard InChI is InChI=1S/C16H22N4S/c1-12-5-4-7-18-15(12)10-20-16(17-3)19-9-13(2)14-6-8-21-11-14/h4-8,11,13H,9-10H2,1-3H3,(H2,17,19,20). The van der Waals surface area contributed by atoms with E-state index < -0.39 is 0 Å². The number of aryl methyl sites for hydroxylation is 1. The van der Waals surface area contributed by atoms with Crippen molar-refractivity contribution in [3.8, 4) is 0 Å². The van der Waals surface area contributed by atoms with Gasteiger partial charge < -0.3 is 10.6 Å². The molecule has 0 amide bonds. The zero-order chi connectivity index (χ0) is 15.1. The molecule has 2 heterocycles. The molecule has 0 saturated heterocycles. The lowest BCUT2D eigenvalue weighted by Gasteiger charge is -2.15. The fraction of sp³-hybridized carbons (Fsp3) is 0.375. The number of aromatic nitrogens is 1. The Balaban J connectivity index is 1.83. The van der Waals surface area contributed by atoms with Crippen molar-refractivity contribution >= 4 is 17.3 Å². The van der Waals surface area contributed by atoms with E-state index in [1.807, 2.05) is 12.3 Å². The predicted molar refractivity (Wildman–Crippen MR) is 89.9 cm³/mol. The Morgan fingerprint density at radius 2 is 2.24 bits per heavy atom. The van der Waals surface area contributed by atoms with E-state index in [1.165, 1.54) is 11.1 Å². The zero-order valence-corrected chi connectivity index (χ0v) is 13.6. The van der Waals surface area contributed by atoms with Gasteiger partial charge in [0.1, 0.15) is 0 Å². The summed E-state index contributed by atoms with van der Waals surface area (Å²) in [5.74, 6) is 1.27. The number of hydrogen-bond donors (Lipinski definition) is 2. The summed E-state index contributed by atoms with van der Waals surface area (Å²) in [6, 6.07) is 6.19. The Labute approximate surface area is 130 Å². The molecule has 1 unspecified atom stereocenters. The van der Waals surface area contributed by atoms with Crippen LogP contribution >= 0.6 is 11.3 Å². The van der Waals surface area contributed by atoms with Crippen LogP contribution in [0.15, 0.2) is 40.1 Å². The van der Waals surface area contributed by atoms with Gasteiger partial charge in [-0.2, -0.15) is 11.3 Å². The van der Waals surface area contributed by atoms with Gasteiger partial charge >= 0.3 is 0 Å². The lowest BCUT2D eigenvalue weighted by molar-refractivity contribution is 0.698. The highest BCUT2D eigenvalue weighted by atomic mass is 32.1. The van der Waals surface area contributed by atoms with Crippen molar-refractivity contribution in [3.05, 3.63) is 52.0 Å². The lowest BCUT2D eigenvalue weighted by atomic mass is 10.1. The van der Waals surface area contributed by atoms with Gasteiger partial charge in [-0.25, -0.2) is 0 Å². The van der Waals surface area contributed by atoms with Gasteiger partial charge in [-0.05, 0) is 46.9 Å². The molecule has 5 heteroatoms. The summed E-state index contributed by atoms with van der Waals surface area (Å²) >= 11 is 1.74. The summed E-state index contributed by atoms with van der Waals surface area (Å²) in [6.45, 7) is 5.82. The van der Waals surface area contributed by atoms with E-state index in [4.69, 9.17) is 0 Å². The lowest BCUT2D eigenvalue weighted by Crippen LogP contribution is -2.38. The van der Waals surface area contributed by atoms with Crippen LogP contribution in [0.5, 0.6) is 0 Å². The second kappa shape index (κ2) is 7.78. The van der Waals surface area contributed by atoms with Crippen molar-refractivity contribution in [2.75, 3.05) is 13.6 Å². The number of rotatable bonds is 5. The number of nitrogens with zero attached hydrogens (tertiary/aromatic N) is 2. The smallest absolute Gasteiger partial charge is 0.191 e. The van der Waals surface area contributed by atoms with Crippen LogP contribution in [0, 0.1) is 6.92 Å². The van der Waals surface area contributed by atoms with E-state index in [0.29, 0.717) is 12.5 Å². The third-order valence-corrected chi connectivity index (χ3v) is 4.15. The molecule has 0 aliphatic carbocycles. The number of aliphatic imine (C=N–C) groups is 1. The van der Waals surface area contributed by atoms with Gasteiger partial charge in [-0.3, -0.25) is 9.98 Å². The first-order chi connectivity index (χ1) is 10.2. The average molecular weight is 302 g/mol. The fourth-order valence-corrected chi connectivity index (χ4v) is 2.80. The van der Waals surface area contributed by atoms with E-state index in [-0.39, 0.29) is 0 Å². The van der Waals surface area contributed by atoms with Crippen LogP contribution in [0.4, 0.5) is 0 Å². The monoisotopic (exact) mass is 302 g/mol. The van der Waals surface area contributed by atoms with Gasteiger partial charge in [0, 0.05) is 19.8 Å². The first-order valence-electron chi connectivity index (χ1n) is 7.07. The molecule has 0 aliphatic heterocycles. The summed E-state index contributed by atoms with van der Waals surface area (Å²) in [7, 11) is 1.79. The summed E-state index contributed by atoms with van der Waals surface area (Å²) < 4.78 is 0. The molecule has 2 N–H and O–H groups in total. The van der Waals surface area contributed by atoms with Crippen molar-refractivity contribution in [2.24, 2.45) is 4.99 Å². The minimum absolute atomic E-state index is 0.464. The number of guanidine groups is 1. The molecule has 0 saturated carbocycles. The predicted octanol–water partition coefficient (Wildman–Crippen LogP) is 2.92. The van der Waals surface area contributed by atoms with Crippen LogP contribution in [-0.2, 0) is 6.54 Å². The molecule has 4 nitrogen and oxygen atoms in total. The second-order valence-corrected chi connectivity index (χ2v) is 5.81. The molecular formula is C16H22N4S. The Morgan fingerprint density at radius 1 is 1.38 bits per heavy atom. The van der Waals surface area contributed by atoms with Gasteiger partial charge in [-0.1, -0.05) is 13.0 Å². The molecular weight excluding hydrogens is 280 g/mol. The van der Waals surface area contributed by atoms with Gasteiger partial charge in [-0.15, -0.1) is 0 Å².